The summed E-state index contributed by atoms with van der Waals surface area (Å²) in [5.74, 6) is 2.00. The fourth-order valence-corrected chi connectivity index (χ4v) is 4.09. The van der Waals surface area contributed by atoms with E-state index in [2.05, 4.69) is 44.9 Å². The minimum Gasteiger partial charge on any atom is -0.357 e. The highest BCUT2D eigenvalue weighted by Crippen LogP contribution is 2.31. The molecule has 1 aromatic carbocycles. The van der Waals surface area contributed by atoms with Gasteiger partial charge in [-0.3, -0.25) is 4.79 Å². The van der Waals surface area contributed by atoms with E-state index in [0.717, 1.165) is 42.7 Å². The molecule has 4 rings (SSSR count). The lowest BCUT2D eigenvalue weighted by Crippen LogP contribution is -2.40. The van der Waals surface area contributed by atoms with E-state index in [1.807, 2.05) is 30.5 Å². The van der Waals surface area contributed by atoms with E-state index < -0.39 is 0 Å². The molecule has 1 aromatic heterocycles. The van der Waals surface area contributed by atoms with Gasteiger partial charge in [0, 0.05) is 50.4 Å². The first-order valence-corrected chi connectivity index (χ1v) is 10.8. The van der Waals surface area contributed by atoms with Crippen molar-refractivity contribution in [2.24, 2.45) is 4.99 Å². The van der Waals surface area contributed by atoms with Crippen LogP contribution in [0.5, 0.6) is 0 Å². The fraction of sp³-hybridized carbons (Fsp3) is 0.435. The van der Waals surface area contributed by atoms with Crippen LogP contribution in [0.1, 0.15) is 43.2 Å². The Morgan fingerprint density at radius 3 is 2.84 bits per heavy atom. The second kappa shape index (κ2) is 11.3. The molecule has 8 heteroatoms. The Balaban J connectivity index is 0.00000272. The zero-order valence-electron chi connectivity index (χ0n) is 17.9. The molecule has 0 radical (unpaired) electrons. The van der Waals surface area contributed by atoms with Crippen molar-refractivity contribution in [1.82, 2.24) is 15.6 Å². The Morgan fingerprint density at radius 2 is 2.03 bits per heavy atom. The summed E-state index contributed by atoms with van der Waals surface area (Å²) in [6.45, 7) is 6.24. The lowest BCUT2D eigenvalue weighted by atomic mass is 9.90. The first-order chi connectivity index (χ1) is 14.7. The van der Waals surface area contributed by atoms with Gasteiger partial charge in [0.15, 0.2) is 5.96 Å². The molecule has 1 saturated heterocycles. The molecule has 3 heterocycles. The van der Waals surface area contributed by atoms with Crippen molar-refractivity contribution >= 4 is 47.3 Å². The Morgan fingerprint density at radius 1 is 1.23 bits per heavy atom. The molecule has 1 fully saturated rings. The lowest BCUT2D eigenvalue weighted by Gasteiger charge is -2.26. The maximum Gasteiger partial charge on any atom is 0.225 e. The monoisotopic (exact) mass is 534 g/mol. The summed E-state index contributed by atoms with van der Waals surface area (Å²) in [6, 6.07) is 12.2. The van der Waals surface area contributed by atoms with Crippen molar-refractivity contribution in [3.05, 3.63) is 53.7 Å². The van der Waals surface area contributed by atoms with Crippen molar-refractivity contribution < 1.29 is 4.79 Å². The third-order valence-corrected chi connectivity index (χ3v) is 5.63. The van der Waals surface area contributed by atoms with Gasteiger partial charge in [-0.05, 0) is 49.1 Å². The lowest BCUT2D eigenvalue weighted by molar-refractivity contribution is -0.116. The summed E-state index contributed by atoms with van der Waals surface area (Å²) < 4.78 is 0. The van der Waals surface area contributed by atoms with Gasteiger partial charge >= 0.3 is 0 Å². The van der Waals surface area contributed by atoms with Crippen LogP contribution < -0.4 is 20.9 Å². The molecule has 3 N–H and O–H groups in total. The highest BCUT2D eigenvalue weighted by Gasteiger charge is 2.24. The van der Waals surface area contributed by atoms with Gasteiger partial charge in [0.25, 0.3) is 0 Å². The molecule has 2 aromatic rings. The number of nitrogens with zero attached hydrogens (tertiary/aromatic N) is 3. The molecule has 31 heavy (non-hydrogen) atoms. The number of rotatable bonds is 6. The highest BCUT2D eigenvalue weighted by atomic mass is 127. The number of aliphatic imine (C=N–C) groups is 1. The molecule has 0 saturated carbocycles. The molecule has 0 spiro atoms. The number of carbonyl (C=O) groups is 1. The van der Waals surface area contributed by atoms with Gasteiger partial charge in [0.2, 0.25) is 5.91 Å². The predicted molar refractivity (Wildman–Crippen MR) is 136 cm³/mol. The number of para-hydroxylation sites is 1. The van der Waals surface area contributed by atoms with Crippen LogP contribution in [-0.4, -0.2) is 43.0 Å². The van der Waals surface area contributed by atoms with Crippen LogP contribution in [0.2, 0.25) is 0 Å². The predicted octanol–water partition coefficient (Wildman–Crippen LogP) is 3.48. The quantitative estimate of drug-likeness (QED) is 0.301. The van der Waals surface area contributed by atoms with E-state index in [0.29, 0.717) is 19.5 Å². The van der Waals surface area contributed by atoms with Crippen LogP contribution >= 0.6 is 24.0 Å². The molecule has 1 atom stereocenters. The summed E-state index contributed by atoms with van der Waals surface area (Å²) in [5.41, 5.74) is 3.23. The number of halogens is 1. The Bertz CT molecular complexity index is 912. The van der Waals surface area contributed by atoms with Crippen molar-refractivity contribution in [1.29, 1.82) is 0 Å². The van der Waals surface area contributed by atoms with Gasteiger partial charge in [-0.15, -0.1) is 24.0 Å². The molecule has 1 unspecified atom stereocenters. The number of benzene rings is 1. The normalized spacial score (nSPS) is 18.1. The number of guanidine groups is 1. The molecule has 2 aliphatic rings. The molecule has 2 aliphatic heterocycles. The van der Waals surface area contributed by atoms with Gasteiger partial charge in [0.05, 0.1) is 6.54 Å². The number of pyridine rings is 1. The molecule has 0 bridgehead atoms. The van der Waals surface area contributed by atoms with Gasteiger partial charge in [-0.1, -0.05) is 18.2 Å². The Kier molecular flexibility index (Phi) is 8.51. The summed E-state index contributed by atoms with van der Waals surface area (Å²) >= 11 is 0. The number of aromatic nitrogens is 1. The van der Waals surface area contributed by atoms with Crippen molar-refractivity contribution in [3.8, 4) is 0 Å². The van der Waals surface area contributed by atoms with Gasteiger partial charge in [0.1, 0.15) is 5.82 Å². The number of hydrogen-bond donors (Lipinski definition) is 3. The number of hydrogen-bond acceptors (Lipinski definition) is 4. The zero-order chi connectivity index (χ0) is 20.8. The first-order valence-electron chi connectivity index (χ1n) is 10.8. The van der Waals surface area contributed by atoms with Crippen molar-refractivity contribution in [2.45, 2.75) is 38.6 Å². The second-order valence-corrected chi connectivity index (χ2v) is 7.83. The molecule has 166 valence electrons. The number of nitrogens with one attached hydrogen (secondary N) is 3. The number of amides is 1. The minimum atomic E-state index is 0. The molecular formula is C23H31IN6O. The third-order valence-electron chi connectivity index (χ3n) is 5.63. The third kappa shape index (κ3) is 6.09. The highest BCUT2D eigenvalue weighted by molar-refractivity contribution is 14.0. The summed E-state index contributed by atoms with van der Waals surface area (Å²) in [6.07, 6.45) is 4.82. The van der Waals surface area contributed by atoms with Crippen LogP contribution in [0.25, 0.3) is 0 Å². The standard InChI is InChI=1S/C23H30N6O.HI/c1-2-24-23(26-15-17-9-10-25-21(13-17)29-11-5-6-12-29)27-16-18-14-22(30)28-20-8-4-3-7-19(18)20;/h3-4,7-10,13,18H,2,5-6,11-12,14-16H2,1H3,(H,28,30)(H2,24,26,27);1H. The SMILES string of the molecule is CCNC(=NCc1ccnc(N2CCCC2)c1)NCC1CC(=O)Nc2ccccc21.I. The number of carbonyl (C=O) groups excluding carboxylic acids is 1. The van der Waals surface area contributed by atoms with E-state index in [-0.39, 0.29) is 35.8 Å². The molecular weight excluding hydrogens is 503 g/mol. The first kappa shape index (κ1) is 23.3. The minimum absolute atomic E-state index is 0. The topological polar surface area (TPSA) is 81.7 Å². The van der Waals surface area contributed by atoms with E-state index in [9.17, 15) is 4.79 Å². The summed E-state index contributed by atoms with van der Waals surface area (Å²) in [5, 5.41) is 9.69. The zero-order valence-corrected chi connectivity index (χ0v) is 20.3. The second-order valence-electron chi connectivity index (χ2n) is 7.83. The average molecular weight is 534 g/mol. The van der Waals surface area contributed by atoms with E-state index >= 15 is 0 Å². The van der Waals surface area contributed by atoms with Gasteiger partial charge < -0.3 is 20.9 Å². The van der Waals surface area contributed by atoms with E-state index in [4.69, 9.17) is 4.99 Å². The van der Waals surface area contributed by atoms with E-state index in [1.165, 1.54) is 18.4 Å². The van der Waals surface area contributed by atoms with Crippen LogP contribution in [-0.2, 0) is 11.3 Å². The Hall–Kier alpha value is -2.36. The van der Waals surface area contributed by atoms with Crippen LogP contribution in [0.3, 0.4) is 0 Å². The van der Waals surface area contributed by atoms with Crippen molar-refractivity contribution in [2.75, 3.05) is 36.4 Å². The summed E-state index contributed by atoms with van der Waals surface area (Å²) in [7, 11) is 0. The maximum absolute atomic E-state index is 12.1. The average Bonchev–Trinajstić information content (AvgIpc) is 3.30. The van der Waals surface area contributed by atoms with Crippen LogP contribution in [0.4, 0.5) is 11.5 Å². The Labute approximate surface area is 201 Å². The molecule has 0 aliphatic carbocycles. The molecule has 7 nitrogen and oxygen atoms in total. The van der Waals surface area contributed by atoms with Gasteiger partial charge in [-0.25, -0.2) is 9.98 Å². The maximum atomic E-state index is 12.1. The van der Waals surface area contributed by atoms with E-state index in [1.54, 1.807) is 0 Å². The largest absolute Gasteiger partial charge is 0.357 e. The van der Waals surface area contributed by atoms with Crippen LogP contribution in [0, 0.1) is 0 Å². The van der Waals surface area contributed by atoms with Gasteiger partial charge in [-0.2, -0.15) is 0 Å². The van der Waals surface area contributed by atoms with Crippen LogP contribution in [0.15, 0.2) is 47.6 Å². The smallest absolute Gasteiger partial charge is 0.225 e. The fourth-order valence-electron chi connectivity index (χ4n) is 4.09. The molecule has 1 amide bonds. The number of fused-ring (bicyclic) bond motifs is 1. The summed E-state index contributed by atoms with van der Waals surface area (Å²) in [4.78, 5) is 23.7. The van der Waals surface area contributed by atoms with Crippen molar-refractivity contribution in [3.63, 3.8) is 0 Å². The number of anilines is 2.